The Kier molecular flexibility index (Phi) is 4.69. The van der Waals surface area contributed by atoms with E-state index in [0.717, 1.165) is 42.6 Å². The molecule has 0 unspecified atom stereocenters. The summed E-state index contributed by atoms with van der Waals surface area (Å²) in [6.07, 6.45) is 0.872. The highest BCUT2D eigenvalue weighted by atomic mass is 35.5. The van der Waals surface area contributed by atoms with Crippen LogP contribution in [-0.4, -0.2) is 26.2 Å². The van der Waals surface area contributed by atoms with Gasteiger partial charge in [0.05, 0.1) is 0 Å². The minimum absolute atomic E-state index is 0.771. The lowest BCUT2D eigenvalue weighted by Crippen LogP contribution is -2.43. The maximum Gasteiger partial charge on any atom is 0.0410 e. The number of nitrogens with one attached hydrogen (secondary N) is 1. The highest BCUT2D eigenvalue weighted by molar-refractivity contribution is 6.31. The monoisotopic (exact) mass is 320 g/mol. The molecule has 0 amide bonds. The van der Waals surface area contributed by atoms with Crippen molar-refractivity contribution in [1.29, 1.82) is 0 Å². The van der Waals surface area contributed by atoms with E-state index in [1.165, 1.54) is 16.8 Å². The lowest BCUT2D eigenvalue weighted by molar-refractivity contribution is 0.588. The van der Waals surface area contributed by atoms with Gasteiger partial charge in [0.15, 0.2) is 0 Å². The zero-order valence-corrected chi connectivity index (χ0v) is 13.3. The Morgan fingerprint density at radius 1 is 0.905 bits per heavy atom. The predicted molar refractivity (Wildman–Crippen MR) is 90.8 cm³/mol. The minimum Gasteiger partial charge on any atom is -0.369 e. The fourth-order valence-electron chi connectivity index (χ4n) is 2.73. The molecular weight excluding hydrogens is 303 g/mol. The number of halogens is 2. The maximum atomic E-state index is 6.20. The summed E-state index contributed by atoms with van der Waals surface area (Å²) in [5.74, 6) is 0. The van der Waals surface area contributed by atoms with Crippen LogP contribution in [0.4, 0.5) is 5.69 Å². The molecule has 0 aromatic heterocycles. The molecule has 1 heterocycles. The van der Waals surface area contributed by atoms with E-state index < -0.39 is 0 Å². The summed E-state index contributed by atoms with van der Waals surface area (Å²) in [7, 11) is 0. The van der Waals surface area contributed by atoms with Crippen molar-refractivity contribution in [3.8, 4) is 0 Å². The molecule has 0 atom stereocenters. The Morgan fingerprint density at radius 2 is 1.57 bits per heavy atom. The predicted octanol–water partition coefficient (Wildman–Crippen LogP) is 3.99. The van der Waals surface area contributed by atoms with Gasteiger partial charge in [-0.15, -0.1) is 0 Å². The molecule has 1 fully saturated rings. The first kappa shape index (κ1) is 14.7. The average molecular weight is 321 g/mol. The van der Waals surface area contributed by atoms with Gasteiger partial charge in [-0.25, -0.2) is 0 Å². The quantitative estimate of drug-likeness (QED) is 0.919. The molecule has 21 heavy (non-hydrogen) atoms. The summed E-state index contributed by atoms with van der Waals surface area (Å²) in [4.78, 5) is 2.43. The third-order valence-corrected chi connectivity index (χ3v) is 4.29. The molecule has 0 saturated carbocycles. The standard InChI is InChI=1S/C17H18Cl2N2/c18-15-3-1-13(2-4-15)11-14-12-16(19)5-6-17(14)21-9-7-20-8-10-21/h1-6,12,20H,7-11H2. The SMILES string of the molecule is Clc1ccc(Cc2cc(Cl)ccc2N2CCNCC2)cc1. The van der Waals surface area contributed by atoms with E-state index in [1.54, 1.807) is 0 Å². The second kappa shape index (κ2) is 6.69. The smallest absolute Gasteiger partial charge is 0.0410 e. The van der Waals surface area contributed by atoms with Gasteiger partial charge in [0, 0.05) is 41.9 Å². The van der Waals surface area contributed by atoms with Crippen LogP contribution in [0.1, 0.15) is 11.1 Å². The molecule has 2 nitrogen and oxygen atoms in total. The summed E-state index contributed by atoms with van der Waals surface area (Å²) in [5.41, 5.74) is 3.81. The number of benzene rings is 2. The third kappa shape index (κ3) is 3.70. The van der Waals surface area contributed by atoms with Crippen LogP contribution in [0.2, 0.25) is 10.0 Å². The van der Waals surface area contributed by atoms with Crippen molar-refractivity contribution in [2.45, 2.75) is 6.42 Å². The van der Waals surface area contributed by atoms with Gasteiger partial charge < -0.3 is 10.2 Å². The molecular formula is C17H18Cl2N2. The van der Waals surface area contributed by atoms with Crippen LogP contribution < -0.4 is 10.2 Å². The van der Waals surface area contributed by atoms with Gasteiger partial charge >= 0.3 is 0 Å². The van der Waals surface area contributed by atoms with Gasteiger partial charge in [-0.2, -0.15) is 0 Å². The van der Waals surface area contributed by atoms with Crippen LogP contribution in [0.25, 0.3) is 0 Å². The van der Waals surface area contributed by atoms with Gasteiger partial charge in [0.25, 0.3) is 0 Å². The van der Waals surface area contributed by atoms with Crippen molar-refractivity contribution in [2.24, 2.45) is 0 Å². The first-order chi connectivity index (χ1) is 10.2. The molecule has 1 aliphatic heterocycles. The Hall–Kier alpha value is -1.22. The number of hydrogen-bond donors (Lipinski definition) is 1. The highest BCUT2D eigenvalue weighted by Crippen LogP contribution is 2.27. The van der Waals surface area contributed by atoms with Crippen LogP contribution in [0.3, 0.4) is 0 Å². The van der Waals surface area contributed by atoms with Gasteiger partial charge in [-0.3, -0.25) is 0 Å². The molecule has 110 valence electrons. The Morgan fingerprint density at radius 3 is 2.29 bits per heavy atom. The third-order valence-electron chi connectivity index (χ3n) is 3.81. The molecule has 0 radical (unpaired) electrons. The van der Waals surface area contributed by atoms with Crippen molar-refractivity contribution in [2.75, 3.05) is 31.1 Å². The van der Waals surface area contributed by atoms with Gasteiger partial charge in [0.2, 0.25) is 0 Å². The van der Waals surface area contributed by atoms with Crippen LogP contribution in [0.15, 0.2) is 42.5 Å². The fraction of sp³-hybridized carbons (Fsp3) is 0.294. The second-order valence-electron chi connectivity index (χ2n) is 5.31. The highest BCUT2D eigenvalue weighted by Gasteiger charge is 2.14. The number of nitrogens with zero attached hydrogens (tertiary/aromatic N) is 1. The van der Waals surface area contributed by atoms with Gasteiger partial charge in [0.1, 0.15) is 0 Å². The lowest BCUT2D eigenvalue weighted by Gasteiger charge is -2.31. The van der Waals surface area contributed by atoms with E-state index in [1.807, 2.05) is 18.2 Å². The van der Waals surface area contributed by atoms with E-state index in [-0.39, 0.29) is 0 Å². The summed E-state index contributed by atoms with van der Waals surface area (Å²) >= 11 is 12.2. The van der Waals surface area contributed by atoms with Gasteiger partial charge in [-0.1, -0.05) is 35.3 Å². The maximum absolute atomic E-state index is 6.20. The average Bonchev–Trinajstić information content (AvgIpc) is 2.51. The van der Waals surface area contributed by atoms with Crippen LogP contribution >= 0.6 is 23.2 Å². The van der Waals surface area contributed by atoms with Crippen molar-refractivity contribution in [1.82, 2.24) is 5.32 Å². The summed E-state index contributed by atoms with van der Waals surface area (Å²) in [6, 6.07) is 14.2. The number of anilines is 1. The molecule has 1 aliphatic rings. The van der Waals surface area contributed by atoms with Crippen LogP contribution in [0.5, 0.6) is 0 Å². The number of piperazine rings is 1. The first-order valence-electron chi connectivity index (χ1n) is 7.21. The molecule has 0 aliphatic carbocycles. The lowest BCUT2D eigenvalue weighted by atomic mass is 10.0. The summed E-state index contributed by atoms with van der Waals surface area (Å²) < 4.78 is 0. The molecule has 3 rings (SSSR count). The van der Waals surface area contributed by atoms with Crippen molar-refractivity contribution < 1.29 is 0 Å². The van der Waals surface area contributed by atoms with Crippen molar-refractivity contribution >= 4 is 28.9 Å². The van der Waals surface area contributed by atoms with E-state index >= 15 is 0 Å². The zero-order valence-electron chi connectivity index (χ0n) is 11.8. The summed E-state index contributed by atoms with van der Waals surface area (Å²) in [5, 5.41) is 4.95. The normalized spacial score (nSPS) is 15.2. The minimum atomic E-state index is 0.771. The van der Waals surface area contributed by atoms with E-state index in [0.29, 0.717) is 0 Å². The topological polar surface area (TPSA) is 15.3 Å². The molecule has 0 spiro atoms. The van der Waals surface area contributed by atoms with E-state index in [2.05, 4.69) is 34.5 Å². The summed E-state index contributed by atoms with van der Waals surface area (Å²) in [6.45, 7) is 4.14. The number of rotatable bonds is 3. The molecule has 1 N–H and O–H groups in total. The van der Waals surface area contributed by atoms with Crippen molar-refractivity contribution in [3.63, 3.8) is 0 Å². The molecule has 1 saturated heterocycles. The number of hydrogen-bond acceptors (Lipinski definition) is 2. The second-order valence-corrected chi connectivity index (χ2v) is 6.19. The van der Waals surface area contributed by atoms with E-state index in [4.69, 9.17) is 23.2 Å². The van der Waals surface area contributed by atoms with E-state index in [9.17, 15) is 0 Å². The Balaban J connectivity index is 1.88. The fourth-order valence-corrected chi connectivity index (χ4v) is 3.05. The molecule has 4 heteroatoms. The largest absolute Gasteiger partial charge is 0.369 e. The van der Waals surface area contributed by atoms with Crippen molar-refractivity contribution in [3.05, 3.63) is 63.6 Å². The zero-order chi connectivity index (χ0) is 14.7. The Labute approximate surface area is 135 Å². The first-order valence-corrected chi connectivity index (χ1v) is 7.96. The molecule has 0 bridgehead atoms. The molecule has 2 aromatic carbocycles. The van der Waals surface area contributed by atoms with Gasteiger partial charge in [-0.05, 0) is 47.9 Å². The molecule has 2 aromatic rings. The van der Waals surface area contributed by atoms with Crippen LogP contribution in [0, 0.1) is 0 Å². The Bertz CT molecular complexity index is 605. The van der Waals surface area contributed by atoms with Crippen LogP contribution in [-0.2, 0) is 6.42 Å².